The number of amides is 1. The molecule has 0 unspecified atom stereocenters. The van der Waals surface area contributed by atoms with E-state index in [1.54, 1.807) is 0 Å². The Bertz CT molecular complexity index is 461. The minimum absolute atomic E-state index is 0.0619. The third-order valence-corrected chi connectivity index (χ3v) is 2.99. The third-order valence-electron chi connectivity index (χ3n) is 2.99. The van der Waals surface area contributed by atoms with Gasteiger partial charge in [0.2, 0.25) is 17.8 Å². The van der Waals surface area contributed by atoms with Crippen LogP contribution < -0.4 is 15.4 Å². The van der Waals surface area contributed by atoms with Crippen LogP contribution in [-0.4, -0.2) is 59.0 Å². The lowest BCUT2D eigenvalue weighted by atomic mass is 10.4. The molecule has 8 nitrogen and oxygen atoms in total. The first-order valence-electron chi connectivity index (χ1n) is 6.78. The summed E-state index contributed by atoms with van der Waals surface area (Å²) in [6.45, 7) is 4.49. The second-order valence-corrected chi connectivity index (χ2v) is 4.44. The summed E-state index contributed by atoms with van der Waals surface area (Å²) < 4.78 is 5.01. The van der Waals surface area contributed by atoms with Gasteiger partial charge in [-0.2, -0.15) is 15.0 Å². The predicted octanol–water partition coefficient (Wildman–Crippen LogP) is 0.346. The summed E-state index contributed by atoms with van der Waals surface area (Å²) in [7, 11) is 1.49. The summed E-state index contributed by atoms with van der Waals surface area (Å²) in [5, 5.41) is 5.91. The maximum atomic E-state index is 11.9. The highest BCUT2D eigenvalue weighted by molar-refractivity contribution is 5.80. The van der Waals surface area contributed by atoms with Crippen molar-refractivity contribution in [2.24, 2.45) is 0 Å². The number of hydrogen-bond donors (Lipinski definition) is 2. The maximum absolute atomic E-state index is 11.9. The van der Waals surface area contributed by atoms with E-state index in [0.717, 1.165) is 25.9 Å². The molecule has 2 heterocycles. The number of carbonyl (C=O) groups is 1. The molecule has 1 aliphatic rings. The van der Waals surface area contributed by atoms with E-state index in [9.17, 15) is 4.79 Å². The second-order valence-electron chi connectivity index (χ2n) is 4.44. The van der Waals surface area contributed by atoms with Crippen molar-refractivity contribution in [2.75, 3.05) is 43.9 Å². The van der Waals surface area contributed by atoms with Gasteiger partial charge in [0.05, 0.1) is 13.7 Å². The van der Waals surface area contributed by atoms with Crippen LogP contribution in [0.2, 0.25) is 0 Å². The third kappa shape index (κ3) is 3.69. The van der Waals surface area contributed by atoms with Crippen LogP contribution in [0.3, 0.4) is 0 Å². The molecule has 110 valence electrons. The van der Waals surface area contributed by atoms with Crippen molar-refractivity contribution in [2.45, 2.75) is 19.8 Å². The fraction of sp³-hybridized carbons (Fsp3) is 0.667. The van der Waals surface area contributed by atoms with Gasteiger partial charge in [-0.05, 0) is 19.8 Å². The average molecular weight is 280 g/mol. The van der Waals surface area contributed by atoms with Crippen LogP contribution in [0.15, 0.2) is 0 Å². The maximum Gasteiger partial charge on any atom is 0.322 e. The van der Waals surface area contributed by atoms with E-state index in [1.807, 2.05) is 11.8 Å². The van der Waals surface area contributed by atoms with E-state index in [-0.39, 0.29) is 18.5 Å². The molecule has 1 amide bonds. The lowest BCUT2D eigenvalue weighted by Crippen LogP contribution is -2.33. The Morgan fingerprint density at radius 3 is 2.45 bits per heavy atom. The number of aromatic nitrogens is 3. The minimum atomic E-state index is 0.0619. The highest BCUT2D eigenvalue weighted by atomic mass is 16.5. The van der Waals surface area contributed by atoms with E-state index >= 15 is 0 Å². The van der Waals surface area contributed by atoms with Crippen LogP contribution in [0.1, 0.15) is 19.8 Å². The van der Waals surface area contributed by atoms with Gasteiger partial charge in [-0.3, -0.25) is 4.79 Å². The van der Waals surface area contributed by atoms with Crippen molar-refractivity contribution in [3.63, 3.8) is 0 Å². The topological polar surface area (TPSA) is 92.3 Å². The molecule has 1 saturated heterocycles. The Kier molecular flexibility index (Phi) is 4.91. The highest BCUT2D eigenvalue weighted by Gasteiger charge is 2.18. The van der Waals surface area contributed by atoms with E-state index in [0.29, 0.717) is 18.4 Å². The van der Waals surface area contributed by atoms with E-state index < -0.39 is 0 Å². The molecule has 0 saturated carbocycles. The summed E-state index contributed by atoms with van der Waals surface area (Å²) in [4.78, 5) is 26.1. The van der Waals surface area contributed by atoms with Gasteiger partial charge in [0, 0.05) is 19.6 Å². The largest absolute Gasteiger partial charge is 0.467 e. The highest BCUT2D eigenvalue weighted by Crippen LogP contribution is 2.11. The molecule has 0 aliphatic carbocycles. The van der Waals surface area contributed by atoms with Gasteiger partial charge in [0.1, 0.15) is 0 Å². The van der Waals surface area contributed by atoms with Crippen LogP contribution in [0, 0.1) is 0 Å². The van der Waals surface area contributed by atoms with Gasteiger partial charge < -0.3 is 20.3 Å². The molecule has 1 aliphatic heterocycles. The molecule has 1 fully saturated rings. The normalized spacial score (nSPS) is 14.2. The van der Waals surface area contributed by atoms with E-state index in [4.69, 9.17) is 4.74 Å². The molecule has 1 aromatic rings. The molecule has 1 aromatic heterocycles. The number of anilines is 2. The number of carbonyl (C=O) groups excluding carboxylic acids is 1. The molecule has 2 rings (SSSR count). The van der Waals surface area contributed by atoms with Gasteiger partial charge in [-0.15, -0.1) is 0 Å². The quantitative estimate of drug-likeness (QED) is 0.776. The average Bonchev–Trinajstić information content (AvgIpc) is 2.99. The number of likely N-dealkylation sites (tertiary alicyclic amines) is 1. The molecule has 0 bridgehead atoms. The zero-order chi connectivity index (χ0) is 14.4. The summed E-state index contributed by atoms with van der Waals surface area (Å²) >= 11 is 0. The molecule has 2 N–H and O–H groups in total. The Labute approximate surface area is 118 Å². The Morgan fingerprint density at radius 2 is 1.85 bits per heavy atom. The smallest absolute Gasteiger partial charge is 0.322 e. The lowest BCUT2D eigenvalue weighted by Gasteiger charge is -2.15. The van der Waals surface area contributed by atoms with Crippen molar-refractivity contribution in [3.8, 4) is 6.01 Å². The number of nitrogens with zero attached hydrogens (tertiary/aromatic N) is 4. The summed E-state index contributed by atoms with van der Waals surface area (Å²) in [6, 6.07) is 0.215. The molecule has 0 spiro atoms. The van der Waals surface area contributed by atoms with Crippen molar-refractivity contribution < 1.29 is 9.53 Å². The van der Waals surface area contributed by atoms with Crippen molar-refractivity contribution in [1.82, 2.24) is 19.9 Å². The first kappa shape index (κ1) is 14.3. The van der Waals surface area contributed by atoms with Crippen LogP contribution in [0.25, 0.3) is 0 Å². The molecule has 8 heteroatoms. The molecule has 0 atom stereocenters. The second kappa shape index (κ2) is 6.88. The van der Waals surface area contributed by atoms with Gasteiger partial charge in [-0.25, -0.2) is 0 Å². The number of hydrogen-bond acceptors (Lipinski definition) is 7. The Morgan fingerprint density at radius 1 is 1.20 bits per heavy atom. The monoisotopic (exact) mass is 280 g/mol. The molecule has 0 radical (unpaired) electrons. The van der Waals surface area contributed by atoms with Crippen molar-refractivity contribution >= 4 is 17.8 Å². The minimum Gasteiger partial charge on any atom is -0.467 e. The fourth-order valence-electron chi connectivity index (χ4n) is 2.00. The van der Waals surface area contributed by atoms with Gasteiger partial charge in [-0.1, -0.05) is 0 Å². The Balaban J connectivity index is 1.97. The van der Waals surface area contributed by atoms with Crippen LogP contribution >= 0.6 is 0 Å². The number of methoxy groups -OCH3 is 1. The lowest BCUT2D eigenvalue weighted by molar-refractivity contribution is -0.128. The van der Waals surface area contributed by atoms with E-state index in [2.05, 4.69) is 25.6 Å². The number of ether oxygens (including phenoxy) is 1. The molecular formula is C12H20N6O2. The summed E-state index contributed by atoms with van der Waals surface area (Å²) in [5.41, 5.74) is 0. The SMILES string of the molecule is CCNc1nc(NCC(=O)N2CCCC2)nc(OC)n1. The fourth-order valence-corrected chi connectivity index (χ4v) is 2.00. The van der Waals surface area contributed by atoms with Gasteiger partial charge in [0.25, 0.3) is 0 Å². The zero-order valence-electron chi connectivity index (χ0n) is 11.8. The van der Waals surface area contributed by atoms with Crippen molar-refractivity contribution in [3.05, 3.63) is 0 Å². The first-order chi connectivity index (χ1) is 9.72. The molecular weight excluding hydrogens is 260 g/mol. The van der Waals surface area contributed by atoms with Gasteiger partial charge >= 0.3 is 6.01 Å². The predicted molar refractivity (Wildman–Crippen MR) is 74.8 cm³/mol. The molecule has 20 heavy (non-hydrogen) atoms. The van der Waals surface area contributed by atoms with E-state index in [1.165, 1.54) is 7.11 Å². The summed E-state index contributed by atoms with van der Waals surface area (Å²) in [6.07, 6.45) is 2.16. The van der Waals surface area contributed by atoms with Crippen LogP contribution in [0.5, 0.6) is 6.01 Å². The number of rotatable bonds is 6. The standard InChI is InChI=1S/C12H20N6O2/c1-3-13-10-15-11(17-12(16-10)20-2)14-8-9(19)18-6-4-5-7-18/h3-8H2,1-2H3,(H2,13,14,15,16,17). The molecule has 0 aromatic carbocycles. The van der Waals surface area contributed by atoms with Gasteiger partial charge in [0.15, 0.2) is 0 Å². The van der Waals surface area contributed by atoms with Crippen molar-refractivity contribution in [1.29, 1.82) is 0 Å². The van der Waals surface area contributed by atoms with Crippen LogP contribution in [-0.2, 0) is 4.79 Å². The number of nitrogens with one attached hydrogen (secondary N) is 2. The zero-order valence-corrected chi connectivity index (χ0v) is 11.8. The summed E-state index contributed by atoms with van der Waals surface area (Å²) in [5.74, 6) is 0.822. The first-order valence-corrected chi connectivity index (χ1v) is 6.78. The Hall–Kier alpha value is -2.12. The van der Waals surface area contributed by atoms with Crippen LogP contribution in [0.4, 0.5) is 11.9 Å².